The Morgan fingerprint density at radius 3 is 2.91 bits per heavy atom. The molecule has 0 amide bonds. The van der Waals surface area contributed by atoms with Crippen LogP contribution in [0.3, 0.4) is 0 Å². The minimum Gasteiger partial charge on any atom is -0.472 e. The minimum atomic E-state index is -2.47. The fourth-order valence-corrected chi connectivity index (χ4v) is 0.512. The second-order valence-electron chi connectivity index (χ2n) is 1.75. The third kappa shape index (κ3) is 2.88. The molecule has 1 rings (SSSR count). The molecule has 0 saturated heterocycles. The maximum Gasteiger partial charge on any atom is 0.272 e. The molecule has 1 aromatic rings. The second kappa shape index (κ2) is 3.80. The molecule has 0 aromatic carbocycles. The van der Waals surface area contributed by atoms with Gasteiger partial charge < -0.3 is 4.74 Å². The van der Waals surface area contributed by atoms with Crippen molar-refractivity contribution in [3.8, 4) is 5.88 Å². The fourth-order valence-electron chi connectivity index (χ4n) is 0.512. The molecule has 0 spiro atoms. The van der Waals surface area contributed by atoms with E-state index in [-0.39, 0.29) is 5.88 Å². The lowest BCUT2D eigenvalue weighted by Gasteiger charge is -2.01. The van der Waals surface area contributed by atoms with Gasteiger partial charge in [0.25, 0.3) is 6.43 Å². The van der Waals surface area contributed by atoms with Gasteiger partial charge in [0, 0.05) is 12.3 Å². The molecule has 0 aliphatic carbocycles. The predicted octanol–water partition coefficient (Wildman–Crippen LogP) is 1.12. The zero-order valence-electron chi connectivity index (χ0n) is 5.58. The molecule has 0 saturated carbocycles. The molecule has 0 N–H and O–H groups in total. The van der Waals surface area contributed by atoms with Crippen LogP contribution in [0.1, 0.15) is 0 Å². The zero-order chi connectivity index (χ0) is 8.10. The van der Waals surface area contributed by atoms with Crippen LogP contribution in [0.4, 0.5) is 8.78 Å². The van der Waals surface area contributed by atoms with E-state index in [9.17, 15) is 8.78 Å². The summed E-state index contributed by atoms with van der Waals surface area (Å²) in [4.78, 5) is 7.18. The molecule has 0 bridgehead atoms. The SMILES string of the molecule is FC(F)COc1ccncn1. The van der Waals surface area contributed by atoms with Crippen molar-refractivity contribution in [3.05, 3.63) is 18.6 Å². The van der Waals surface area contributed by atoms with Crippen molar-refractivity contribution in [2.45, 2.75) is 6.43 Å². The van der Waals surface area contributed by atoms with Gasteiger partial charge >= 0.3 is 0 Å². The summed E-state index contributed by atoms with van der Waals surface area (Å²) in [5, 5.41) is 0. The number of alkyl halides is 2. The summed E-state index contributed by atoms with van der Waals surface area (Å²) in [6.45, 7) is -0.628. The lowest BCUT2D eigenvalue weighted by atomic mass is 10.6. The van der Waals surface area contributed by atoms with Gasteiger partial charge in [0.1, 0.15) is 6.33 Å². The van der Waals surface area contributed by atoms with E-state index in [2.05, 4.69) is 14.7 Å². The van der Waals surface area contributed by atoms with Crippen LogP contribution in [-0.4, -0.2) is 23.0 Å². The molecule has 0 aliphatic heterocycles. The Labute approximate surface area is 62.0 Å². The Bertz CT molecular complexity index is 205. The number of hydrogen-bond acceptors (Lipinski definition) is 3. The number of halogens is 2. The van der Waals surface area contributed by atoms with Crippen molar-refractivity contribution < 1.29 is 13.5 Å². The summed E-state index contributed by atoms with van der Waals surface area (Å²) < 4.78 is 27.7. The third-order valence-electron chi connectivity index (χ3n) is 0.912. The Hall–Kier alpha value is -1.26. The van der Waals surface area contributed by atoms with Gasteiger partial charge in [0.15, 0.2) is 6.61 Å². The molecule has 0 unspecified atom stereocenters. The fraction of sp³-hybridized carbons (Fsp3) is 0.333. The molecule has 5 heteroatoms. The molecule has 0 atom stereocenters. The lowest BCUT2D eigenvalue weighted by Crippen LogP contribution is -2.07. The molecular formula is C6H6F2N2O. The van der Waals surface area contributed by atoms with Crippen LogP contribution < -0.4 is 4.74 Å². The van der Waals surface area contributed by atoms with Crippen molar-refractivity contribution in [2.24, 2.45) is 0 Å². The van der Waals surface area contributed by atoms with Gasteiger partial charge in [0.05, 0.1) is 0 Å². The van der Waals surface area contributed by atoms with Crippen molar-refractivity contribution in [2.75, 3.05) is 6.61 Å². The Balaban J connectivity index is 2.39. The van der Waals surface area contributed by atoms with E-state index in [1.165, 1.54) is 18.6 Å². The minimum absolute atomic E-state index is 0.167. The van der Waals surface area contributed by atoms with Gasteiger partial charge in [-0.3, -0.25) is 0 Å². The first-order valence-electron chi connectivity index (χ1n) is 2.96. The van der Waals surface area contributed by atoms with Crippen LogP contribution in [0.2, 0.25) is 0 Å². The normalized spacial score (nSPS) is 10.1. The van der Waals surface area contributed by atoms with Gasteiger partial charge in [-0.25, -0.2) is 18.7 Å². The monoisotopic (exact) mass is 160 g/mol. The summed E-state index contributed by atoms with van der Waals surface area (Å²) >= 11 is 0. The molecule has 3 nitrogen and oxygen atoms in total. The highest BCUT2D eigenvalue weighted by Crippen LogP contribution is 2.03. The summed E-state index contributed by atoms with van der Waals surface area (Å²) in [6.07, 6.45) is 0.194. The predicted molar refractivity (Wildman–Crippen MR) is 33.5 cm³/mol. The van der Waals surface area contributed by atoms with Crippen LogP contribution in [0.15, 0.2) is 18.6 Å². The molecular weight excluding hydrogens is 154 g/mol. The highest BCUT2D eigenvalue weighted by molar-refractivity contribution is 5.04. The molecule has 0 aliphatic rings. The zero-order valence-corrected chi connectivity index (χ0v) is 5.58. The summed E-state index contributed by atoms with van der Waals surface area (Å²) in [5.41, 5.74) is 0. The van der Waals surface area contributed by atoms with Gasteiger partial charge in [-0.2, -0.15) is 0 Å². The quantitative estimate of drug-likeness (QED) is 0.664. The summed E-state index contributed by atoms with van der Waals surface area (Å²) in [5.74, 6) is 0.167. The first-order valence-corrected chi connectivity index (χ1v) is 2.96. The molecule has 0 radical (unpaired) electrons. The number of rotatable bonds is 3. The number of nitrogens with zero attached hydrogens (tertiary/aromatic N) is 2. The van der Waals surface area contributed by atoms with Crippen LogP contribution in [0.5, 0.6) is 5.88 Å². The molecule has 11 heavy (non-hydrogen) atoms. The lowest BCUT2D eigenvalue weighted by molar-refractivity contribution is 0.0795. The summed E-state index contributed by atoms with van der Waals surface area (Å²) in [7, 11) is 0. The number of hydrogen-bond donors (Lipinski definition) is 0. The Kier molecular flexibility index (Phi) is 2.71. The van der Waals surface area contributed by atoms with E-state index >= 15 is 0 Å². The Morgan fingerprint density at radius 1 is 1.55 bits per heavy atom. The van der Waals surface area contributed by atoms with E-state index in [1.807, 2.05) is 0 Å². The molecule has 0 fully saturated rings. The maximum absolute atomic E-state index is 11.6. The van der Waals surface area contributed by atoms with E-state index in [1.54, 1.807) is 0 Å². The van der Waals surface area contributed by atoms with Gasteiger partial charge in [0.2, 0.25) is 5.88 Å². The van der Waals surface area contributed by atoms with E-state index in [4.69, 9.17) is 0 Å². The largest absolute Gasteiger partial charge is 0.472 e. The van der Waals surface area contributed by atoms with E-state index < -0.39 is 13.0 Å². The molecule has 60 valence electrons. The van der Waals surface area contributed by atoms with Crippen molar-refractivity contribution in [1.82, 2.24) is 9.97 Å². The van der Waals surface area contributed by atoms with E-state index in [0.717, 1.165) is 0 Å². The van der Waals surface area contributed by atoms with Gasteiger partial charge in [-0.1, -0.05) is 0 Å². The first-order chi connectivity index (χ1) is 5.29. The smallest absolute Gasteiger partial charge is 0.272 e. The third-order valence-corrected chi connectivity index (χ3v) is 0.912. The van der Waals surface area contributed by atoms with Crippen molar-refractivity contribution in [3.63, 3.8) is 0 Å². The van der Waals surface area contributed by atoms with Crippen LogP contribution >= 0.6 is 0 Å². The van der Waals surface area contributed by atoms with E-state index in [0.29, 0.717) is 0 Å². The summed E-state index contributed by atoms with van der Waals surface area (Å²) in [6, 6.07) is 1.42. The highest BCUT2D eigenvalue weighted by Gasteiger charge is 2.02. The average molecular weight is 160 g/mol. The first kappa shape index (κ1) is 7.84. The average Bonchev–Trinajstić information content (AvgIpc) is 2.03. The van der Waals surface area contributed by atoms with Crippen LogP contribution in [-0.2, 0) is 0 Å². The Morgan fingerprint density at radius 2 is 2.36 bits per heavy atom. The van der Waals surface area contributed by atoms with Crippen LogP contribution in [0, 0.1) is 0 Å². The second-order valence-corrected chi connectivity index (χ2v) is 1.75. The van der Waals surface area contributed by atoms with Gasteiger partial charge in [-0.05, 0) is 0 Å². The van der Waals surface area contributed by atoms with Crippen molar-refractivity contribution in [1.29, 1.82) is 0 Å². The number of aromatic nitrogens is 2. The van der Waals surface area contributed by atoms with Gasteiger partial charge in [-0.15, -0.1) is 0 Å². The van der Waals surface area contributed by atoms with Crippen molar-refractivity contribution >= 4 is 0 Å². The number of ether oxygens (including phenoxy) is 1. The molecule has 1 aromatic heterocycles. The maximum atomic E-state index is 11.6. The van der Waals surface area contributed by atoms with Crippen LogP contribution in [0.25, 0.3) is 0 Å². The topological polar surface area (TPSA) is 35.0 Å². The standard InChI is InChI=1S/C6H6F2N2O/c7-5(8)3-11-6-1-2-9-4-10-6/h1-2,4-5H,3H2. The highest BCUT2D eigenvalue weighted by atomic mass is 19.3. The molecule has 1 heterocycles.